The van der Waals surface area contributed by atoms with Crippen LogP contribution in [-0.4, -0.2) is 22.4 Å². The predicted octanol–water partition coefficient (Wildman–Crippen LogP) is 2.04. The fourth-order valence-corrected chi connectivity index (χ4v) is 1.65. The van der Waals surface area contributed by atoms with E-state index in [0.717, 1.165) is 0 Å². The van der Waals surface area contributed by atoms with Crippen LogP contribution in [0, 0.1) is 5.41 Å². The maximum atomic E-state index is 11.4. The number of rotatable bonds is 0. The number of amides is 1. The average Bonchev–Trinajstić information content (AvgIpc) is 2.35. The minimum absolute atomic E-state index is 0.00493. The molecular formula is C10H19NO. The summed E-state index contributed by atoms with van der Waals surface area (Å²) in [5, 5.41) is 0. The van der Waals surface area contributed by atoms with Crippen LogP contribution in [0.1, 0.15) is 41.5 Å². The Morgan fingerprint density at radius 3 is 1.58 bits per heavy atom. The van der Waals surface area contributed by atoms with Crippen molar-refractivity contribution in [1.82, 2.24) is 4.90 Å². The molecule has 0 bridgehead atoms. The summed E-state index contributed by atoms with van der Waals surface area (Å²) in [4.78, 5) is 13.4. The molecular weight excluding hydrogens is 150 g/mol. The number of carbonyl (C=O) groups excluding carboxylic acids is 1. The van der Waals surface area contributed by atoms with E-state index in [1.165, 1.54) is 0 Å². The molecule has 1 saturated heterocycles. The van der Waals surface area contributed by atoms with E-state index in [1.807, 2.05) is 4.90 Å². The molecule has 0 spiro atoms. The molecule has 0 aromatic rings. The Kier molecular flexibility index (Phi) is 1.78. The molecule has 2 heteroatoms. The van der Waals surface area contributed by atoms with E-state index in [0.29, 0.717) is 5.91 Å². The summed E-state index contributed by atoms with van der Waals surface area (Å²) in [6.07, 6.45) is 0. The van der Waals surface area contributed by atoms with Gasteiger partial charge in [-0.25, -0.2) is 0 Å². The molecule has 1 amide bonds. The summed E-state index contributed by atoms with van der Waals surface area (Å²) in [5.74, 6) is 0.301. The molecule has 0 N–H and O–H groups in total. The zero-order valence-electron chi connectivity index (χ0n) is 8.93. The summed E-state index contributed by atoms with van der Waals surface area (Å²) < 4.78 is 0. The zero-order chi connectivity index (χ0) is 9.73. The van der Waals surface area contributed by atoms with Gasteiger partial charge in [0.05, 0.1) is 0 Å². The molecule has 0 aromatic carbocycles. The second-order valence-corrected chi connectivity index (χ2v) is 5.65. The first-order valence-electron chi connectivity index (χ1n) is 4.49. The Morgan fingerprint density at radius 1 is 1.08 bits per heavy atom. The predicted molar refractivity (Wildman–Crippen MR) is 49.8 cm³/mol. The van der Waals surface area contributed by atoms with Crippen LogP contribution in [0.15, 0.2) is 0 Å². The van der Waals surface area contributed by atoms with E-state index >= 15 is 0 Å². The van der Waals surface area contributed by atoms with Crippen molar-refractivity contribution >= 4 is 5.91 Å². The highest BCUT2D eigenvalue weighted by molar-refractivity contribution is 5.98. The topological polar surface area (TPSA) is 20.1 Å². The van der Waals surface area contributed by atoms with Crippen LogP contribution in [0.4, 0.5) is 0 Å². The third-order valence-corrected chi connectivity index (χ3v) is 2.20. The van der Waals surface area contributed by atoms with Crippen molar-refractivity contribution in [2.45, 2.75) is 53.1 Å². The van der Waals surface area contributed by atoms with Crippen molar-refractivity contribution in [3.05, 3.63) is 0 Å². The molecule has 0 aromatic heterocycles. The number of hydrogen-bond donors (Lipinski definition) is 0. The lowest BCUT2D eigenvalue weighted by Gasteiger charge is -2.25. The summed E-state index contributed by atoms with van der Waals surface area (Å²) in [5.41, 5.74) is 0.0827. The van der Waals surface area contributed by atoms with Gasteiger partial charge in [-0.3, -0.25) is 4.79 Å². The van der Waals surface area contributed by atoms with Crippen molar-refractivity contribution in [1.29, 1.82) is 0 Å². The second-order valence-electron chi connectivity index (χ2n) is 5.65. The van der Waals surface area contributed by atoms with Crippen molar-refractivity contribution in [3.8, 4) is 0 Å². The third-order valence-electron chi connectivity index (χ3n) is 2.20. The molecule has 70 valence electrons. The van der Waals surface area contributed by atoms with Crippen LogP contribution in [0.3, 0.4) is 0 Å². The first-order valence-corrected chi connectivity index (χ1v) is 4.49. The summed E-state index contributed by atoms with van der Waals surface area (Å²) in [7, 11) is 0. The first kappa shape index (κ1) is 9.56. The molecule has 1 aliphatic rings. The molecule has 0 saturated carbocycles. The van der Waals surface area contributed by atoms with E-state index in [2.05, 4.69) is 41.5 Å². The number of hydrogen-bond acceptors (Lipinski definition) is 1. The maximum Gasteiger partial charge on any atom is 0.247 e. The lowest BCUT2D eigenvalue weighted by molar-refractivity contribution is -0.115. The van der Waals surface area contributed by atoms with E-state index in [4.69, 9.17) is 0 Å². The van der Waals surface area contributed by atoms with Crippen LogP contribution in [0.2, 0.25) is 0 Å². The molecule has 0 aliphatic carbocycles. The van der Waals surface area contributed by atoms with Gasteiger partial charge in [0.1, 0.15) is 6.04 Å². The molecule has 0 unspecified atom stereocenters. The Hall–Kier alpha value is -0.530. The van der Waals surface area contributed by atoms with E-state index in [1.54, 1.807) is 0 Å². The summed E-state index contributed by atoms with van der Waals surface area (Å²) in [6, 6.07) is 0.137. The largest absolute Gasteiger partial charge is 0.323 e. The Labute approximate surface area is 74.9 Å². The molecule has 0 radical (unpaired) electrons. The van der Waals surface area contributed by atoms with E-state index in [9.17, 15) is 4.79 Å². The lowest BCUT2D eigenvalue weighted by atomic mass is 9.91. The fourth-order valence-electron chi connectivity index (χ4n) is 1.65. The molecule has 1 heterocycles. The molecule has 1 rings (SSSR count). The highest BCUT2D eigenvalue weighted by Gasteiger charge is 2.57. The second kappa shape index (κ2) is 2.24. The summed E-state index contributed by atoms with van der Waals surface area (Å²) >= 11 is 0. The average molecular weight is 169 g/mol. The van der Waals surface area contributed by atoms with Gasteiger partial charge in [0.15, 0.2) is 0 Å². The monoisotopic (exact) mass is 169 g/mol. The van der Waals surface area contributed by atoms with Gasteiger partial charge >= 0.3 is 0 Å². The van der Waals surface area contributed by atoms with Crippen molar-refractivity contribution in [3.63, 3.8) is 0 Å². The van der Waals surface area contributed by atoms with Gasteiger partial charge in [-0.2, -0.15) is 0 Å². The van der Waals surface area contributed by atoms with Crippen LogP contribution < -0.4 is 0 Å². The lowest BCUT2D eigenvalue weighted by Crippen LogP contribution is -2.31. The molecule has 1 atom stereocenters. The molecule has 1 aliphatic heterocycles. The third kappa shape index (κ3) is 1.47. The van der Waals surface area contributed by atoms with Crippen molar-refractivity contribution in [2.24, 2.45) is 5.41 Å². The fraction of sp³-hybridized carbons (Fsp3) is 0.900. The van der Waals surface area contributed by atoms with Crippen molar-refractivity contribution in [2.75, 3.05) is 0 Å². The van der Waals surface area contributed by atoms with Crippen LogP contribution in [-0.2, 0) is 4.79 Å². The minimum Gasteiger partial charge on any atom is -0.323 e. The van der Waals surface area contributed by atoms with Gasteiger partial charge in [-0.15, -0.1) is 0 Å². The molecule has 1 fully saturated rings. The Morgan fingerprint density at radius 2 is 1.50 bits per heavy atom. The van der Waals surface area contributed by atoms with Gasteiger partial charge < -0.3 is 4.90 Å². The maximum absolute atomic E-state index is 11.4. The normalized spacial score (nSPS) is 24.7. The van der Waals surface area contributed by atoms with E-state index in [-0.39, 0.29) is 17.0 Å². The highest BCUT2D eigenvalue weighted by atomic mass is 16.2. The highest BCUT2D eigenvalue weighted by Crippen LogP contribution is 2.41. The molecule has 2 nitrogen and oxygen atoms in total. The Balaban J connectivity index is 2.73. The quantitative estimate of drug-likeness (QED) is 0.508. The number of nitrogens with zero attached hydrogens (tertiary/aromatic N) is 1. The van der Waals surface area contributed by atoms with Gasteiger partial charge in [0.2, 0.25) is 5.91 Å². The standard InChI is InChI=1S/C10H19NO/c1-9(2,3)7-8(12)11(7)10(4,5)6/h7H,1-6H3/t7-,11?/m0/s1. The van der Waals surface area contributed by atoms with E-state index < -0.39 is 0 Å². The van der Waals surface area contributed by atoms with Crippen LogP contribution in [0.25, 0.3) is 0 Å². The van der Waals surface area contributed by atoms with Crippen LogP contribution >= 0.6 is 0 Å². The Bertz CT molecular complexity index is 185. The van der Waals surface area contributed by atoms with Crippen LogP contribution in [0.5, 0.6) is 0 Å². The van der Waals surface area contributed by atoms with Gasteiger partial charge in [-0.1, -0.05) is 20.8 Å². The molecule has 12 heavy (non-hydrogen) atoms. The zero-order valence-corrected chi connectivity index (χ0v) is 8.93. The SMILES string of the molecule is CC(C)(C)[C@@H]1C(=O)N1C(C)(C)C. The van der Waals surface area contributed by atoms with Crippen molar-refractivity contribution < 1.29 is 4.79 Å². The smallest absolute Gasteiger partial charge is 0.247 e. The summed E-state index contributed by atoms with van der Waals surface area (Å²) in [6.45, 7) is 12.6. The number of carbonyl (C=O) groups is 1. The van der Waals surface area contributed by atoms with Gasteiger partial charge in [-0.05, 0) is 26.2 Å². The van der Waals surface area contributed by atoms with Gasteiger partial charge in [0, 0.05) is 5.54 Å². The first-order chi connectivity index (χ1) is 5.15. The minimum atomic E-state index is -0.00493. The van der Waals surface area contributed by atoms with Gasteiger partial charge in [0.25, 0.3) is 0 Å².